The van der Waals surface area contributed by atoms with Gasteiger partial charge in [-0.15, -0.1) is 0 Å². The van der Waals surface area contributed by atoms with Gasteiger partial charge in [0.05, 0.1) is 17.7 Å². The lowest BCUT2D eigenvalue weighted by Crippen LogP contribution is -2.54. The molecule has 4 aromatic rings. The number of carbonyl (C=O) groups is 2. The smallest absolute Gasteiger partial charge is 0.264 e. The van der Waals surface area contributed by atoms with Crippen molar-refractivity contribution in [2.24, 2.45) is 0 Å². The second-order valence-electron chi connectivity index (χ2n) is 12.2. The van der Waals surface area contributed by atoms with Crippen LogP contribution in [0.25, 0.3) is 0 Å². The number of aryl methyl sites for hydroxylation is 2. The predicted molar refractivity (Wildman–Crippen MR) is 185 cm³/mol. The third kappa shape index (κ3) is 8.60. The number of anilines is 1. The normalized spacial score (nSPS) is 13.9. The SMILES string of the molecule is COc1cccc(CN(C(=O)CN(c2cc(C)cc(C)c2)S(=O)(=O)c2ccccc2)C(Cc2ccccc2)C(=O)NC2CCCC2)c1. The van der Waals surface area contributed by atoms with E-state index in [-0.39, 0.29) is 29.8 Å². The number of ether oxygens (including phenoxy) is 1. The molecule has 0 saturated heterocycles. The Morgan fingerprint density at radius 3 is 2.09 bits per heavy atom. The molecule has 0 spiro atoms. The zero-order valence-electron chi connectivity index (χ0n) is 27.3. The number of benzene rings is 4. The fraction of sp³-hybridized carbons (Fsp3) is 0.316. The minimum absolute atomic E-state index is 0.0415. The topological polar surface area (TPSA) is 96.0 Å². The lowest BCUT2D eigenvalue weighted by atomic mass is 10.0. The quantitative estimate of drug-likeness (QED) is 0.185. The van der Waals surface area contributed by atoms with Gasteiger partial charge in [-0.25, -0.2) is 8.42 Å². The molecule has 1 aliphatic carbocycles. The van der Waals surface area contributed by atoms with Crippen LogP contribution in [0, 0.1) is 13.8 Å². The third-order valence-electron chi connectivity index (χ3n) is 8.56. The maximum absolute atomic E-state index is 14.7. The number of carbonyl (C=O) groups excluding carboxylic acids is 2. The van der Waals surface area contributed by atoms with Crippen LogP contribution < -0.4 is 14.4 Å². The Morgan fingerprint density at radius 2 is 1.45 bits per heavy atom. The summed E-state index contributed by atoms with van der Waals surface area (Å²) in [6.07, 6.45) is 4.14. The Kier molecular flexibility index (Phi) is 11.0. The fourth-order valence-electron chi connectivity index (χ4n) is 6.23. The molecule has 1 N–H and O–H groups in total. The monoisotopic (exact) mass is 653 g/mol. The van der Waals surface area contributed by atoms with Crippen molar-refractivity contribution in [3.05, 3.63) is 125 Å². The number of methoxy groups -OCH3 is 1. The van der Waals surface area contributed by atoms with Crippen LogP contribution >= 0.6 is 0 Å². The summed E-state index contributed by atoms with van der Waals surface area (Å²) in [4.78, 5) is 30.5. The molecule has 0 bridgehead atoms. The van der Waals surface area contributed by atoms with E-state index in [0.717, 1.165) is 52.2 Å². The molecule has 0 aromatic heterocycles. The van der Waals surface area contributed by atoms with E-state index in [1.54, 1.807) is 37.4 Å². The fourth-order valence-corrected chi connectivity index (χ4v) is 7.65. The molecular formula is C38H43N3O5S. The highest BCUT2D eigenvalue weighted by Gasteiger charge is 2.35. The van der Waals surface area contributed by atoms with E-state index < -0.39 is 28.5 Å². The minimum Gasteiger partial charge on any atom is -0.497 e. The van der Waals surface area contributed by atoms with Crippen LogP contribution in [0.3, 0.4) is 0 Å². The highest BCUT2D eigenvalue weighted by Crippen LogP contribution is 2.28. The number of rotatable bonds is 13. The molecule has 1 unspecified atom stereocenters. The summed E-state index contributed by atoms with van der Waals surface area (Å²) in [6, 6.07) is 29.7. The van der Waals surface area contributed by atoms with E-state index in [1.165, 1.54) is 17.0 Å². The molecule has 9 heteroatoms. The van der Waals surface area contributed by atoms with Gasteiger partial charge in [0, 0.05) is 19.0 Å². The number of amides is 2. The van der Waals surface area contributed by atoms with Crippen molar-refractivity contribution in [2.75, 3.05) is 18.0 Å². The van der Waals surface area contributed by atoms with E-state index in [2.05, 4.69) is 5.32 Å². The molecule has 0 radical (unpaired) electrons. The van der Waals surface area contributed by atoms with Gasteiger partial charge in [0.15, 0.2) is 0 Å². The van der Waals surface area contributed by atoms with Crippen molar-refractivity contribution in [3.63, 3.8) is 0 Å². The highest BCUT2D eigenvalue weighted by atomic mass is 32.2. The van der Waals surface area contributed by atoms with E-state index >= 15 is 0 Å². The van der Waals surface area contributed by atoms with E-state index in [1.807, 2.05) is 74.5 Å². The van der Waals surface area contributed by atoms with Gasteiger partial charge in [0.1, 0.15) is 18.3 Å². The molecule has 47 heavy (non-hydrogen) atoms. The van der Waals surface area contributed by atoms with Crippen molar-refractivity contribution in [1.82, 2.24) is 10.2 Å². The second-order valence-corrected chi connectivity index (χ2v) is 14.1. The standard InChI is InChI=1S/C38H43N3O5S/c1-28-21-29(2)23-33(22-28)41(47(44,45)35-19-8-5-9-20-35)27-37(42)40(26-31-15-12-18-34(24-31)46-3)36(25-30-13-6-4-7-14-30)38(43)39-32-16-10-11-17-32/h4-9,12-15,18-24,32,36H,10-11,16-17,25-27H2,1-3H3,(H,39,43). The van der Waals surface area contributed by atoms with Gasteiger partial charge in [-0.3, -0.25) is 13.9 Å². The summed E-state index contributed by atoms with van der Waals surface area (Å²) < 4.78 is 35.1. The lowest BCUT2D eigenvalue weighted by Gasteiger charge is -2.34. The molecule has 2 amide bonds. The van der Waals surface area contributed by atoms with Crippen LogP contribution in [0.4, 0.5) is 5.69 Å². The second kappa shape index (κ2) is 15.3. The van der Waals surface area contributed by atoms with Crippen LogP contribution in [0.5, 0.6) is 5.75 Å². The maximum atomic E-state index is 14.7. The molecule has 0 aliphatic heterocycles. The first-order valence-electron chi connectivity index (χ1n) is 16.1. The van der Waals surface area contributed by atoms with Crippen LogP contribution in [0.15, 0.2) is 108 Å². The van der Waals surface area contributed by atoms with Crippen molar-refractivity contribution >= 4 is 27.5 Å². The number of nitrogens with one attached hydrogen (secondary N) is 1. The van der Waals surface area contributed by atoms with Gasteiger partial charge in [-0.1, -0.05) is 79.6 Å². The van der Waals surface area contributed by atoms with Crippen molar-refractivity contribution in [2.45, 2.75) is 69.5 Å². The first kappa shape index (κ1) is 33.7. The highest BCUT2D eigenvalue weighted by molar-refractivity contribution is 7.92. The average Bonchev–Trinajstić information content (AvgIpc) is 3.58. The minimum atomic E-state index is -4.16. The van der Waals surface area contributed by atoms with Gasteiger partial charge in [0.2, 0.25) is 11.8 Å². The molecular weight excluding hydrogens is 611 g/mol. The first-order valence-corrected chi connectivity index (χ1v) is 17.5. The van der Waals surface area contributed by atoms with E-state index in [0.29, 0.717) is 11.4 Å². The Balaban J connectivity index is 1.59. The summed E-state index contributed by atoms with van der Waals surface area (Å²) in [5.74, 6) is -0.122. The van der Waals surface area contributed by atoms with Gasteiger partial charge >= 0.3 is 0 Å². The van der Waals surface area contributed by atoms with Gasteiger partial charge in [-0.05, 0) is 85.3 Å². The molecule has 5 rings (SSSR count). The molecule has 1 saturated carbocycles. The Hall–Kier alpha value is -4.63. The summed E-state index contributed by atoms with van der Waals surface area (Å²) in [5, 5.41) is 3.21. The van der Waals surface area contributed by atoms with Crippen LogP contribution in [0.1, 0.15) is 47.9 Å². The Morgan fingerprint density at radius 1 is 0.830 bits per heavy atom. The van der Waals surface area contributed by atoms with E-state index in [9.17, 15) is 18.0 Å². The van der Waals surface area contributed by atoms with Crippen molar-refractivity contribution in [3.8, 4) is 5.75 Å². The molecule has 4 aromatic carbocycles. The first-order chi connectivity index (χ1) is 22.6. The molecule has 1 aliphatic rings. The summed E-state index contributed by atoms with van der Waals surface area (Å²) >= 11 is 0. The number of hydrogen-bond acceptors (Lipinski definition) is 5. The molecule has 1 fully saturated rings. The van der Waals surface area contributed by atoms with Crippen molar-refractivity contribution in [1.29, 1.82) is 0 Å². The van der Waals surface area contributed by atoms with Crippen LogP contribution in [0.2, 0.25) is 0 Å². The summed E-state index contributed by atoms with van der Waals surface area (Å²) in [7, 11) is -2.58. The number of nitrogens with zero attached hydrogens (tertiary/aromatic N) is 2. The predicted octanol–water partition coefficient (Wildman–Crippen LogP) is 6.21. The summed E-state index contributed by atoms with van der Waals surface area (Å²) in [6.45, 7) is 3.37. The van der Waals surface area contributed by atoms with Crippen LogP contribution in [-0.2, 0) is 32.6 Å². The molecule has 246 valence electrons. The molecule has 8 nitrogen and oxygen atoms in total. The van der Waals surface area contributed by atoms with Gasteiger partial charge in [-0.2, -0.15) is 0 Å². The molecule has 1 atom stereocenters. The number of sulfonamides is 1. The zero-order chi connectivity index (χ0) is 33.4. The number of hydrogen-bond donors (Lipinski definition) is 1. The lowest BCUT2D eigenvalue weighted by molar-refractivity contribution is -0.140. The average molecular weight is 654 g/mol. The maximum Gasteiger partial charge on any atom is 0.264 e. The zero-order valence-corrected chi connectivity index (χ0v) is 28.1. The van der Waals surface area contributed by atoms with Gasteiger partial charge in [0.25, 0.3) is 10.0 Å². The largest absolute Gasteiger partial charge is 0.497 e. The Labute approximate surface area is 278 Å². The van der Waals surface area contributed by atoms with Gasteiger partial charge < -0.3 is 15.0 Å². The Bertz CT molecular complexity index is 1750. The summed E-state index contributed by atoms with van der Waals surface area (Å²) in [5.41, 5.74) is 3.77. The van der Waals surface area contributed by atoms with E-state index in [4.69, 9.17) is 4.74 Å². The third-order valence-corrected chi connectivity index (χ3v) is 10.4. The molecule has 0 heterocycles. The van der Waals surface area contributed by atoms with Crippen LogP contribution in [-0.4, -0.2) is 50.9 Å². The van der Waals surface area contributed by atoms with Crippen molar-refractivity contribution < 1.29 is 22.7 Å².